The number of nitrogens with zero attached hydrogens (tertiary/aromatic N) is 1. The third-order valence-corrected chi connectivity index (χ3v) is 3.41. The molecular weight excluding hydrogens is 262 g/mol. The number of hydrogen-bond acceptors (Lipinski definition) is 5. The van der Waals surface area contributed by atoms with Crippen molar-refractivity contribution in [1.29, 1.82) is 5.41 Å². The molecule has 0 bridgehead atoms. The number of nitrogens with two attached hydrogens (primary N) is 1. The van der Waals surface area contributed by atoms with E-state index in [-0.39, 0.29) is 22.7 Å². The van der Waals surface area contributed by atoms with Crippen LogP contribution < -0.4 is 15.2 Å². The molecule has 0 amide bonds. The Morgan fingerprint density at radius 1 is 1.55 bits per heavy atom. The molecule has 1 aromatic rings. The zero-order chi connectivity index (χ0) is 14.8. The smallest absolute Gasteiger partial charge is 0.314 e. The fourth-order valence-electron chi connectivity index (χ4n) is 2.09. The van der Waals surface area contributed by atoms with Gasteiger partial charge in [-0.25, -0.2) is 0 Å². The van der Waals surface area contributed by atoms with E-state index in [0.29, 0.717) is 18.8 Å². The van der Waals surface area contributed by atoms with E-state index in [1.165, 1.54) is 19.2 Å². The van der Waals surface area contributed by atoms with Crippen molar-refractivity contribution in [2.24, 2.45) is 11.1 Å². The number of benzene rings is 1. The van der Waals surface area contributed by atoms with Crippen molar-refractivity contribution in [3.63, 3.8) is 0 Å². The van der Waals surface area contributed by atoms with Gasteiger partial charge in [0.15, 0.2) is 5.75 Å². The lowest BCUT2D eigenvalue weighted by molar-refractivity contribution is -0.385. The molecule has 1 fully saturated rings. The van der Waals surface area contributed by atoms with Crippen LogP contribution in [0, 0.1) is 20.9 Å². The van der Waals surface area contributed by atoms with Gasteiger partial charge in [0.05, 0.1) is 30.5 Å². The fourth-order valence-corrected chi connectivity index (χ4v) is 2.09. The third-order valence-electron chi connectivity index (χ3n) is 3.41. The molecule has 20 heavy (non-hydrogen) atoms. The molecule has 1 aliphatic rings. The molecule has 1 aromatic carbocycles. The minimum absolute atomic E-state index is 0.0689. The molecule has 0 aromatic heterocycles. The molecule has 7 nitrogen and oxygen atoms in total. The van der Waals surface area contributed by atoms with E-state index in [4.69, 9.17) is 20.6 Å². The van der Waals surface area contributed by atoms with Gasteiger partial charge < -0.3 is 15.2 Å². The fraction of sp³-hybridized carbons (Fsp3) is 0.462. The maximum absolute atomic E-state index is 10.9. The second kappa shape index (κ2) is 5.36. The van der Waals surface area contributed by atoms with Crippen LogP contribution in [0.3, 0.4) is 0 Å². The topological polar surface area (TPSA) is 111 Å². The van der Waals surface area contributed by atoms with Crippen LogP contribution in [-0.4, -0.2) is 24.5 Å². The summed E-state index contributed by atoms with van der Waals surface area (Å²) in [4.78, 5) is 10.4. The second-order valence-electron chi connectivity index (χ2n) is 5.08. The Morgan fingerprint density at radius 2 is 2.25 bits per heavy atom. The molecular formula is C13H17N3O4. The predicted octanol–water partition coefficient (Wildman–Crippen LogP) is 2.09. The van der Waals surface area contributed by atoms with Crippen molar-refractivity contribution in [3.8, 4) is 11.5 Å². The lowest BCUT2D eigenvalue weighted by Gasteiger charge is -2.15. The van der Waals surface area contributed by atoms with Crippen LogP contribution in [-0.2, 0) is 0 Å². The monoisotopic (exact) mass is 279 g/mol. The van der Waals surface area contributed by atoms with Gasteiger partial charge in [0.1, 0.15) is 5.75 Å². The zero-order valence-electron chi connectivity index (χ0n) is 11.2. The van der Waals surface area contributed by atoms with Crippen molar-refractivity contribution >= 4 is 11.5 Å². The number of nitrogens with one attached hydrogen (secondary N) is 1. The first-order chi connectivity index (χ1) is 9.46. The molecule has 0 radical (unpaired) electrons. The second-order valence-corrected chi connectivity index (χ2v) is 5.08. The minimum Gasteiger partial charge on any atom is -0.493 e. The van der Waals surface area contributed by atoms with Crippen molar-refractivity contribution in [2.45, 2.75) is 19.3 Å². The highest BCUT2D eigenvalue weighted by atomic mass is 16.6. The van der Waals surface area contributed by atoms with Gasteiger partial charge in [-0.3, -0.25) is 15.5 Å². The molecule has 1 saturated carbocycles. The summed E-state index contributed by atoms with van der Waals surface area (Å²) in [6.07, 6.45) is 2.43. The summed E-state index contributed by atoms with van der Waals surface area (Å²) in [5, 5.41) is 18.3. The summed E-state index contributed by atoms with van der Waals surface area (Å²) < 4.78 is 10.5. The molecule has 0 atom stereocenters. The molecule has 0 unspecified atom stereocenters. The van der Waals surface area contributed by atoms with Gasteiger partial charge >= 0.3 is 5.69 Å². The summed E-state index contributed by atoms with van der Waals surface area (Å²) in [7, 11) is 1.38. The summed E-state index contributed by atoms with van der Waals surface area (Å²) >= 11 is 0. The number of hydrogen-bond donors (Lipinski definition) is 2. The maximum Gasteiger partial charge on any atom is 0.314 e. The van der Waals surface area contributed by atoms with Gasteiger partial charge in [-0.05, 0) is 25.0 Å². The van der Waals surface area contributed by atoms with E-state index in [1.54, 1.807) is 6.07 Å². The van der Waals surface area contributed by atoms with Crippen molar-refractivity contribution < 1.29 is 14.4 Å². The van der Waals surface area contributed by atoms with Gasteiger partial charge in [-0.1, -0.05) is 0 Å². The van der Waals surface area contributed by atoms with Crippen LogP contribution in [0.2, 0.25) is 0 Å². The lowest BCUT2D eigenvalue weighted by atomic mass is 10.0. The van der Waals surface area contributed by atoms with Crippen LogP contribution in [0.15, 0.2) is 18.2 Å². The van der Waals surface area contributed by atoms with Gasteiger partial charge in [0.2, 0.25) is 0 Å². The predicted molar refractivity (Wildman–Crippen MR) is 73.3 cm³/mol. The van der Waals surface area contributed by atoms with Crippen LogP contribution >= 0.6 is 0 Å². The van der Waals surface area contributed by atoms with Crippen molar-refractivity contribution in [1.82, 2.24) is 0 Å². The standard InChI is InChI=1S/C13H17N3O4/c1-19-11-3-2-9(6-10(11)16(17)18)20-8-13(4-5-13)7-12(14)15/h2-3,6H,4-5,7-8H2,1H3,(H3,14,15). The van der Waals surface area contributed by atoms with E-state index >= 15 is 0 Å². The maximum atomic E-state index is 10.9. The van der Waals surface area contributed by atoms with E-state index in [1.807, 2.05) is 0 Å². The van der Waals surface area contributed by atoms with Crippen molar-refractivity contribution in [3.05, 3.63) is 28.3 Å². The molecule has 2 rings (SSSR count). The largest absolute Gasteiger partial charge is 0.493 e. The molecule has 0 saturated heterocycles. The summed E-state index contributed by atoms with van der Waals surface area (Å²) in [6.45, 7) is 0.413. The number of rotatable bonds is 7. The third kappa shape index (κ3) is 3.17. The average molecular weight is 279 g/mol. The number of methoxy groups -OCH3 is 1. The Balaban J connectivity index is 2.05. The Kier molecular flexibility index (Phi) is 3.78. The summed E-state index contributed by atoms with van der Waals surface area (Å²) in [5.41, 5.74) is 5.22. The van der Waals surface area contributed by atoms with Crippen LogP contribution in [0.4, 0.5) is 5.69 Å². The van der Waals surface area contributed by atoms with E-state index < -0.39 is 4.92 Å². The highest BCUT2D eigenvalue weighted by Gasteiger charge is 2.44. The Labute approximate surface area is 116 Å². The first-order valence-corrected chi connectivity index (χ1v) is 6.24. The van der Waals surface area contributed by atoms with E-state index in [9.17, 15) is 10.1 Å². The Bertz CT molecular complexity index is 540. The number of nitro groups is 1. The Morgan fingerprint density at radius 3 is 2.75 bits per heavy atom. The van der Waals surface area contributed by atoms with Crippen LogP contribution in [0.5, 0.6) is 11.5 Å². The first kappa shape index (κ1) is 14.1. The first-order valence-electron chi connectivity index (χ1n) is 6.24. The van der Waals surface area contributed by atoms with Crippen LogP contribution in [0.1, 0.15) is 19.3 Å². The van der Waals surface area contributed by atoms with E-state index in [0.717, 1.165) is 12.8 Å². The molecule has 0 spiro atoms. The quantitative estimate of drug-likeness (QED) is 0.343. The van der Waals surface area contributed by atoms with Gasteiger partial charge in [-0.2, -0.15) is 0 Å². The minimum atomic E-state index is -0.506. The molecule has 0 heterocycles. The molecule has 0 aliphatic heterocycles. The van der Waals surface area contributed by atoms with E-state index in [2.05, 4.69) is 0 Å². The molecule has 3 N–H and O–H groups in total. The van der Waals surface area contributed by atoms with Gasteiger partial charge in [0, 0.05) is 11.8 Å². The highest BCUT2D eigenvalue weighted by molar-refractivity contribution is 5.78. The summed E-state index contributed by atoms with van der Waals surface area (Å²) in [6, 6.07) is 4.50. The average Bonchev–Trinajstić information content (AvgIpc) is 3.15. The molecule has 7 heteroatoms. The zero-order valence-corrected chi connectivity index (χ0v) is 11.2. The molecule has 1 aliphatic carbocycles. The SMILES string of the molecule is COc1ccc(OCC2(CC(=N)N)CC2)cc1[N+](=O)[O-]. The van der Waals surface area contributed by atoms with Gasteiger partial charge in [-0.15, -0.1) is 0 Å². The highest BCUT2D eigenvalue weighted by Crippen LogP contribution is 2.49. The van der Waals surface area contributed by atoms with Crippen LogP contribution in [0.25, 0.3) is 0 Å². The number of ether oxygens (including phenoxy) is 2. The van der Waals surface area contributed by atoms with Crippen molar-refractivity contribution in [2.75, 3.05) is 13.7 Å². The normalized spacial score (nSPS) is 15.4. The number of nitro benzene ring substituents is 1. The molecule has 108 valence electrons. The number of amidine groups is 1. The lowest BCUT2D eigenvalue weighted by Crippen LogP contribution is -2.21. The van der Waals surface area contributed by atoms with Gasteiger partial charge in [0.25, 0.3) is 0 Å². The summed E-state index contributed by atoms with van der Waals surface area (Å²) in [5.74, 6) is 0.770. The Hall–Kier alpha value is -2.31.